The molecule has 1 aliphatic heterocycles. The largest absolute Gasteiger partial charge is 0.351 e. The number of anilines is 1. The van der Waals surface area contributed by atoms with Gasteiger partial charge in [0.1, 0.15) is 5.82 Å². The number of carbonyl (C=O) groups is 2. The SMILES string of the molecule is O=C(CN1CCC(C(=O)Nc2ccccc2)CC1)NCc1ccc(F)cc1. The maximum Gasteiger partial charge on any atom is 0.234 e. The van der Waals surface area contributed by atoms with E-state index in [4.69, 9.17) is 0 Å². The number of halogens is 1. The van der Waals surface area contributed by atoms with Crippen LogP contribution < -0.4 is 10.6 Å². The van der Waals surface area contributed by atoms with Gasteiger partial charge >= 0.3 is 0 Å². The fourth-order valence-electron chi connectivity index (χ4n) is 3.18. The number of amides is 2. The number of benzene rings is 2. The van der Waals surface area contributed by atoms with Crippen LogP contribution in [0.15, 0.2) is 54.6 Å². The van der Waals surface area contributed by atoms with Gasteiger partial charge in [0.25, 0.3) is 0 Å². The number of carbonyl (C=O) groups excluding carboxylic acids is 2. The molecule has 2 aromatic carbocycles. The molecule has 2 N–H and O–H groups in total. The van der Waals surface area contributed by atoms with Crippen LogP contribution >= 0.6 is 0 Å². The van der Waals surface area contributed by atoms with Gasteiger partial charge in [0, 0.05) is 18.2 Å². The molecule has 5 nitrogen and oxygen atoms in total. The van der Waals surface area contributed by atoms with E-state index in [0.717, 1.165) is 37.2 Å². The summed E-state index contributed by atoms with van der Waals surface area (Å²) in [6.07, 6.45) is 1.48. The smallest absolute Gasteiger partial charge is 0.234 e. The molecule has 0 radical (unpaired) electrons. The summed E-state index contributed by atoms with van der Waals surface area (Å²) < 4.78 is 12.9. The number of nitrogens with zero attached hydrogens (tertiary/aromatic N) is 1. The molecule has 1 heterocycles. The minimum absolute atomic E-state index is 0.0243. The summed E-state index contributed by atoms with van der Waals surface area (Å²) in [5.41, 5.74) is 1.67. The zero-order chi connectivity index (χ0) is 19.1. The number of piperidine rings is 1. The summed E-state index contributed by atoms with van der Waals surface area (Å²) in [6, 6.07) is 15.5. The van der Waals surface area contributed by atoms with E-state index in [-0.39, 0.29) is 23.5 Å². The summed E-state index contributed by atoms with van der Waals surface area (Å²) in [4.78, 5) is 26.5. The van der Waals surface area contributed by atoms with Crippen LogP contribution in [0.3, 0.4) is 0 Å². The lowest BCUT2D eigenvalue weighted by molar-refractivity contribution is -0.123. The zero-order valence-corrected chi connectivity index (χ0v) is 15.2. The Kier molecular flexibility index (Phi) is 6.54. The number of nitrogens with one attached hydrogen (secondary N) is 2. The molecule has 0 spiro atoms. The van der Waals surface area contributed by atoms with Gasteiger partial charge in [0.05, 0.1) is 6.54 Å². The molecular formula is C21H24FN3O2. The molecule has 1 fully saturated rings. The zero-order valence-electron chi connectivity index (χ0n) is 15.2. The Bertz CT molecular complexity index is 757. The lowest BCUT2D eigenvalue weighted by Gasteiger charge is -2.30. The lowest BCUT2D eigenvalue weighted by atomic mass is 9.96. The molecule has 0 saturated carbocycles. The van der Waals surface area contributed by atoms with Crippen LogP contribution in [0, 0.1) is 11.7 Å². The van der Waals surface area contributed by atoms with E-state index in [1.54, 1.807) is 12.1 Å². The van der Waals surface area contributed by atoms with E-state index >= 15 is 0 Å². The van der Waals surface area contributed by atoms with Crippen LogP contribution in [0.1, 0.15) is 18.4 Å². The van der Waals surface area contributed by atoms with Crippen LogP contribution in [-0.4, -0.2) is 36.3 Å². The van der Waals surface area contributed by atoms with Crippen molar-refractivity contribution >= 4 is 17.5 Å². The van der Waals surface area contributed by atoms with Crippen LogP contribution in [-0.2, 0) is 16.1 Å². The monoisotopic (exact) mass is 369 g/mol. The third kappa shape index (κ3) is 5.89. The third-order valence-electron chi connectivity index (χ3n) is 4.77. The molecule has 0 unspecified atom stereocenters. The predicted octanol–water partition coefficient (Wildman–Crippen LogP) is 2.79. The molecule has 27 heavy (non-hydrogen) atoms. The highest BCUT2D eigenvalue weighted by atomic mass is 19.1. The minimum Gasteiger partial charge on any atom is -0.351 e. The first-order chi connectivity index (χ1) is 13.1. The van der Waals surface area contributed by atoms with Crippen molar-refractivity contribution < 1.29 is 14.0 Å². The summed E-state index contributed by atoms with van der Waals surface area (Å²) in [7, 11) is 0. The average Bonchev–Trinajstić information content (AvgIpc) is 2.69. The first-order valence-electron chi connectivity index (χ1n) is 9.19. The van der Waals surface area contributed by atoms with E-state index < -0.39 is 0 Å². The van der Waals surface area contributed by atoms with Crippen molar-refractivity contribution in [3.05, 3.63) is 66.0 Å². The highest BCUT2D eigenvalue weighted by Gasteiger charge is 2.25. The Morgan fingerprint density at radius 3 is 2.33 bits per heavy atom. The normalized spacial score (nSPS) is 15.3. The summed E-state index contributed by atoms with van der Waals surface area (Å²) in [5, 5.41) is 5.80. The lowest BCUT2D eigenvalue weighted by Crippen LogP contribution is -2.43. The second-order valence-corrected chi connectivity index (χ2v) is 6.81. The predicted molar refractivity (Wildman–Crippen MR) is 102 cm³/mol. The number of hydrogen-bond acceptors (Lipinski definition) is 3. The second kappa shape index (κ2) is 9.28. The Labute approximate surface area is 158 Å². The average molecular weight is 369 g/mol. The maximum atomic E-state index is 12.9. The van der Waals surface area contributed by atoms with Gasteiger partial charge in [0.15, 0.2) is 0 Å². The van der Waals surface area contributed by atoms with Gasteiger partial charge in [-0.2, -0.15) is 0 Å². The molecule has 3 rings (SSSR count). The van der Waals surface area contributed by atoms with Gasteiger partial charge in [-0.25, -0.2) is 4.39 Å². The second-order valence-electron chi connectivity index (χ2n) is 6.81. The highest BCUT2D eigenvalue weighted by Crippen LogP contribution is 2.19. The Morgan fingerprint density at radius 1 is 1.00 bits per heavy atom. The van der Waals surface area contributed by atoms with E-state index in [2.05, 4.69) is 15.5 Å². The molecule has 2 amide bonds. The van der Waals surface area contributed by atoms with Gasteiger partial charge in [-0.3, -0.25) is 14.5 Å². The summed E-state index contributed by atoms with van der Waals surface area (Å²) >= 11 is 0. The molecule has 1 saturated heterocycles. The number of hydrogen-bond donors (Lipinski definition) is 2. The van der Waals surface area contributed by atoms with Crippen molar-refractivity contribution in [3.8, 4) is 0 Å². The van der Waals surface area contributed by atoms with E-state index in [0.29, 0.717) is 13.1 Å². The van der Waals surface area contributed by atoms with Crippen LogP contribution in [0.25, 0.3) is 0 Å². The maximum absolute atomic E-state index is 12.9. The number of rotatable bonds is 6. The van der Waals surface area contributed by atoms with E-state index in [1.165, 1.54) is 12.1 Å². The standard InChI is InChI=1S/C21H24FN3O2/c22-18-8-6-16(7-9-18)14-23-20(26)15-25-12-10-17(11-13-25)21(27)24-19-4-2-1-3-5-19/h1-9,17H,10-15H2,(H,23,26)(H,24,27). The number of likely N-dealkylation sites (tertiary alicyclic amines) is 1. The molecule has 2 aromatic rings. The molecule has 0 bridgehead atoms. The van der Waals surface area contributed by atoms with Gasteiger partial charge in [0.2, 0.25) is 11.8 Å². The van der Waals surface area contributed by atoms with Crippen molar-refractivity contribution in [3.63, 3.8) is 0 Å². The fraction of sp³-hybridized carbons (Fsp3) is 0.333. The highest BCUT2D eigenvalue weighted by molar-refractivity contribution is 5.92. The molecule has 0 aromatic heterocycles. The number of para-hydroxylation sites is 1. The van der Waals surface area contributed by atoms with Crippen LogP contribution in [0.2, 0.25) is 0 Å². The van der Waals surface area contributed by atoms with Gasteiger partial charge in [-0.15, -0.1) is 0 Å². The summed E-state index contributed by atoms with van der Waals surface area (Å²) in [5.74, 6) is -0.332. The minimum atomic E-state index is -0.288. The summed E-state index contributed by atoms with van der Waals surface area (Å²) in [6.45, 7) is 2.14. The first-order valence-corrected chi connectivity index (χ1v) is 9.19. The van der Waals surface area contributed by atoms with Crippen LogP contribution in [0.4, 0.5) is 10.1 Å². The first kappa shape index (κ1) is 19.0. The molecule has 6 heteroatoms. The topological polar surface area (TPSA) is 61.4 Å². The molecule has 0 atom stereocenters. The van der Waals surface area contributed by atoms with Crippen molar-refractivity contribution in [2.24, 2.45) is 5.92 Å². The van der Waals surface area contributed by atoms with Crippen molar-refractivity contribution in [2.45, 2.75) is 19.4 Å². The van der Waals surface area contributed by atoms with Crippen molar-refractivity contribution in [1.82, 2.24) is 10.2 Å². The van der Waals surface area contributed by atoms with E-state index in [9.17, 15) is 14.0 Å². The molecule has 142 valence electrons. The van der Waals surface area contributed by atoms with E-state index in [1.807, 2.05) is 30.3 Å². The third-order valence-corrected chi connectivity index (χ3v) is 4.77. The van der Waals surface area contributed by atoms with Gasteiger partial charge in [-0.1, -0.05) is 30.3 Å². The Morgan fingerprint density at radius 2 is 1.67 bits per heavy atom. The van der Waals surface area contributed by atoms with Gasteiger partial charge in [-0.05, 0) is 55.8 Å². The van der Waals surface area contributed by atoms with Crippen molar-refractivity contribution in [1.29, 1.82) is 0 Å². The Hall–Kier alpha value is -2.73. The molecular weight excluding hydrogens is 345 g/mol. The molecule has 0 aliphatic carbocycles. The van der Waals surface area contributed by atoms with Gasteiger partial charge < -0.3 is 10.6 Å². The quantitative estimate of drug-likeness (QED) is 0.823. The van der Waals surface area contributed by atoms with Crippen molar-refractivity contribution in [2.75, 3.05) is 25.0 Å². The Balaban J connectivity index is 1.38. The molecule has 1 aliphatic rings. The fourth-order valence-corrected chi connectivity index (χ4v) is 3.18. The van der Waals surface area contributed by atoms with Crippen LogP contribution in [0.5, 0.6) is 0 Å².